The first-order chi connectivity index (χ1) is 13.2. The zero-order chi connectivity index (χ0) is 19.2. The molecule has 7 nitrogen and oxygen atoms in total. The number of benzene rings is 1. The third kappa shape index (κ3) is 4.30. The third-order valence-corrected chi connectivity index (χ3v) is 4.91. The minimum atomic E-state index is -0.0421. The molecule has 144 valence electrons. The molecule has 1 fully saturated rings. The lowest BCUT2D eigenvalue weighted by Gasteiger charge is -2.34. The molecule has 1 N–H and O–H groups in total. The van der Waals surface area contributed by atoms with Gasteiger partial charge in [-0.05, 0) is 49.9 Å². The smallest absolute Gasteiger partial charge is 0.274 e. The average molecular weight is 370 g/mol. The van der Waals surface area contributed by atoms with E-state index in [2.05, 4.69) is 22.4 Å². The maximum atomic E-state index is 12.8. The molecule has 7 heteroatoms. The molecule has 1 aromatic heterocycles. The molecular weight excluding hydrogens is 344 g/mol. The van der Waals surface area contributed by atoms with Crippen molar-refractivity contribution < 1.29 is 14.3 Å². The van der Waals surface area contributed by atoms with E-state index in [4.69, 9.17) is 9.47 Å². The van der Waals surface area contributed by atoms with Gasteiger partial charge in [-0.15, -0.1) is 10.2 Å². The molecule has 0 radical (unpaired) electrons. The summed E-state index contributed by atoms with van der Waals surface area (Å²) in [5.41, 5.74) is 1.09. The highest BCUT2D eigenvalue weighted by atomic mass is 16.5. The van der Waals surface area contributed by atoms with Crippen molar-refractivity contribution in [1.29, 1.82) is 0 Å². The number of hydrogen-bond acceptors (Lipinski definition) is 6. The van der Waals surface area contributed by atoms with Gasteiger partial charge in [0, 0.05) is 18.7 Å². The van der Waals surface area contributed by atoms with Gasteiger partial charge in [-0.3, -0.25) is 4.79 Å². The fourth-order valence-electron chi connectivity index (χ4n) is 3.40. The molecule has 0 saturated carbocycles. The van der Waals surface area contributed by atoms with Crippen LogP contribution in [0.3, 0.4) is 0 Å². The molecule has 2 aromatic rings. The van der Waals surface area contributed by atoms with E-state index >= 15 is 0 Å². The lowest BCUT2D eigenvalue weighted by Crippen LogP contribution is -2.43. The Labute approximate surface area is 159 Å². The number of carbonyl (C=O) groups is 1. The van der Waals surface area contributed by atoms with Crippen molar-refractivity contribution in [3.63, 3.8) is 0 Å². The van der Waals surface area contributed by atoms with E-state index < -0.39 is 0 Å². The van der Waals surface area contributed by atoms with Gasteiger partial charge in [-0.25, -0.2) is 0 Å². The second-order valence-corrected chi connectivity index (χ2v) is 6.55. The number of nitrogens with zero attached hydrogens (tertiary/aromatic N) is 3. The number of ether oxygens (including phenoxy) is 2. The molecule has 1 aromatic carbocycles. The van der Waals surface area contributed by atoms with E-state index in [1.54, 1.807) is 26.4 Å². The van der Waals surface area contributed by atoms with Crippen LogP contribution in [0.2, 0.25) is 0 Å². The first-order valence-electron chi connectivity index (χ1n) is 9.30. The monoisotopic (exact) mass is 370 g/mol. The third-order valence-electron chi connectivity index (χ3n) is 4.91. The van der Waals surface area contributed by atoms with E-state index in [0.717, 1.165) is 25.8 Å². The summed E-state index contributed by atoms with van der Waals surface area (Å²) in [4.78, 5) is 14.7. The summed E-state index contributed by atoms with van der Waals surface area (Å²) in [5.74, 6) is 1.86. The zero-order valence-electron chi connectivity index (χ0n) is 16.1. The summed E-state index contributed by atoms with van der Waals surface area (Å²) in [6.07, 6.45) is 4.25. The van der Waals surface area contributed by atoms with Gasteiger partial charge < -0.3 is 19.7 Å². The number of piperidine rings is 1. The van der Waals surface area contributed by atoms with Crippen molar-refractivity contribution in [1.82, 2.24) is 15.1 Å². The molecule has 1 aliphatic rings. The number of hydrogen-bond donors (Lipinski definition) is 1. The predicted octanol–water partition coefficient (Wildman–Crippen LogP) is 3.64. The Morgan fingerprint density at radius 2 is 2.04 bits per heavy atom. The number of amides is 1. The number of carbonyl (C=O) groups excluding carboxylic acids is 1. The topological polar surface area (TPSA) is 76.6 Å². The molecule has 1 unspecified atom stereocenters. The Hall–Kier alpha value is -2.83. The maximum absolute atomic E-state index is 12.8. The predicted molar refractivity (Wildman–Crippen MR) is 104 cm³/mol. The fourth-order valence-corrected chi connectivity index (χ4v) is 3.40. The average Bonchev–Trinajstić information content (AvgIpc) is 2.73. The highest BCUT2D eigenvalue weighted by molar-refractivity contribution is 5.92. The number of likely N-dealkylation sites (tertiary alicyclic amines) is 1. The summed E-state index contributed by atoms with van der Waals surface area (Å²) < 4.78 is 10.6. The SMILES string of the molecule is CCC1CCCCN1C(=O)c1ccc(Nc2cc(OC)ccc2OC)nn1. The van der Waals surface area contributed by atoms with Gasteiger partial charge in [0.2, 0.25) is 0 Å². The van der Waals surface area contributed by atoms with Gasteiger partial charge in [-0.1, -0.05) is 6.92 Å². The summed E-state index contributed by atoms with van der Waals surface area (Å²) in [7, 11) is 3.21. The second-order valence-electron chi connectivity index (χ2n) is 6.55. The Bertz CT molecular complexity index is 779. The number of anilines is 2. The summed E-state index contributed by atoms with van der Waals surface area (Å²) in [5, 5.41) is 11.5. The van der Waals surface area contributed by atoms with Crippen molar-refractivity contribution in [3.8, 4) is 11.5 Å². The molecular formula is C20H26N4O3. The zero-order valence-corrected chi connectivity index (χ0v) is 16.1. The molecule has 3 rings (SSSR count). The Balaban J connectivity index is 1.75. The van der Waals surface area contributed by atoms with Crippen LogP contribution in [0.25, 0.3) is 0 Å². The van der Waals surface area contributed by atoms with Gasteiger partial charge in [0.15, 0.2) is 11.5 Å². The van der Waals surface area contributed by atoms with Crippen LogP contribution in [0.4, 0.5) is 11.5 Å². The van der Waals surface area contributed by atoms with Crippen molar-refractivity contribution in [2.45, 2.75) is 38.6 Å². The minimum Gasteiger partial charge on any atom is -0.497 e. The lowest BCUT2D eigenvalue weighted by atomic mass is 9.99. The Morgan fingerprint density at radius 3 is 2.70 bits per heavy atom. The highest BCUT2D eigenvalue weighted by Crippen LogP contribution is 2.31. The van der Waals surface area contributed by atoms with E-state index in [-0.39, 0.29) is 5.91 Å². The summed E-state index contributed by atoms with van der Waals surface area (Å²) in [6, 6.07) is 9.22. The van der Waals surface area contributed by atoms with E-state index in [9.17, 15) is 4.79 Å². The van der Waals surface area contributed by atoms with Crippen molar-refractivity contribution in [2.75, 3.05) is 26.1 Å². The van der Waals surface area contributed by atoms with Crippen LogP contribution in [0.5, 0.6) is 11.5 Å². The van der Waals surface area contributed by atoms with Gasteiger partial charge in [-0.2, -0.15) is 0 Å². The molecule has 0 bridgehead atoms. The first kappa shape index (κ1) is 18.9. The van der Waals surface area contributed by atoms with Crippen LogP contribution < -0.4 is 14.8 Å². The van der Waals surface area contributed by atoms with E-state index in [1.165, 1.54) is 6.42 Å². The van der Waals surface area contributed by atoms with Crippen molar-refractivity contribution in [3.05, 3.63) is 36.0 Å². The van der Waals surface area contributed by atoms with Crippen LogP contribution in [-0.4, -0.2) is 47.8 Å². The number of nitrogens with one attached hydrogen (secondary N) is 1. The summed E-state index contributed by atoms with van der Waals surface area (Å²) in [6.45, 7) is 2.91. The molecule has 1 amide bonds. The molecule has 0 aliphatic carbocycles. The molecule has 27 heavy (non-hydrogen) atoms. The van der Waals surface area contributed by atoms with Crippen LogP contribution in [-0.2, 0) is 0 Å². The first-order valence-corrected chi connectivity index (χ1v) is 9.30. The fraction of sp³-hybridized carbons (Fsp3) is 0.450. The van der Waals surface area contributed by atoms with Gasteiger partial charge >= 0.3 is 0 Å². The van der Waals surface area contributed by atoms with Gasteiger partial charge in [0.1, 0.15) is 11.5 Å². The number of methoxy groups -OCH3 is 2. The van der Waals surface area contributed by atoms with Crippen LogP contribution >= 0.6 is 0 Å². The largest absolute Gasteiger partial charge is 0.497 e. The van der Waals surface area contributed by atoms with Crippen molar-refractivity contribution >= 4 is 17.4 Å². The van der Waals surface area contributed by atoms with Crippen molar-refractivity contribution in [2.24, 2.45) is 0 Å². The standard InChI is InChI=1S/C20H26N4O3/c1-4-14-7-5-6-12-24(14)20(25)16-9-11-19(23-22-16)21-17-13-15(26-2)8-10-18(17)27-3/h8-11,13-14H,4-7,12H2,1-3H3,(H,21,23). The van der Waals surface area contributed by atoms with E-state index in [1.807, 2.05) is 23.1 Å². The minimum absolute atomic E-state index is 0.0421. The Kier molecular flexibility index (Phi) is 6.11. The molecule has 2 heterocycles. The maximum Gasteiger partial charge on any atom is 0.274 e. The molecule has 1 atom stereocenters. The molecule has 0 spiro atoms. The molecule has 1 aliphatic heterocycles. The van der Waals surface area contributed by atoms with E-state index in [0.29, 0.717) is 34.7 Å². The lowest BCUT2D eigenvalue weighted by molar-refractivity contribution is 0.0601. The van der Waals surface area contributed by atoms with Gasteiger partial charge in [0.25, 0.3) is 5.91 Å². The Morgan fingerprint density at radius 1 is 1.19 bits per heavy atom. The van der Waals surface area contributed by atoms with Gasteiger partial charge in [0.05, 0.1) is 19.9 Å². The summed E-state index contributed by atoms with van der Waals surface area (Å²) >= 11 is 0. The second kappa shape index (κ2) is 8.70. The normalized spacial score (nSPS) is 16.7. The van der Waals surface area contributed by atoms with Crippen LogP contribution in [0.1, 0.15) is 43.1 Å². The number of aromatic nitrogens is 2. The van der Waals surface area contributed by atoms with Crippen LogP contribution in [0.15, 0.2) is 30.3 Å². The molecule has 1 saturated heterocycles. The van der Waals surface area contributed by atoms with Crippen LogP contribution in [0, 0.1) is 0 Å². The highest BCUT2D eigenvalue weighted by Gasteiger charge is 2.27. The quantitative estimate of drug-likeness (QED) is 0.836. The number of rotatable bonds is 6.